The molecule has 0 spiro atoms. The molecule has 140 valence electrons. The molecule has 27 heavy (non-hydrogen) atoms. The van der Waals surface area contributed by atoms with Crippen molar-refractivity contribution in [2.45, 2.75) is 6.61 Å². The van der Waals surface area contributed by atoms with Crippen LogP contribution in [0.15, 0.2) is 48.0 Å². The smallest absolute Gasteiger partial charge is 0.262 e. The summed E-state index contributed by atoms with van der Waals surface area (Å²) in [6, 6.07) is 14.2. The Morgan fingerprint density at radius 1 is 1.22 bits per heavy atom. The van der Waals surface area contributed by atoms with Crippen molar-refractivity contribution in [2.24, 2.45) is 0 Å². The molecule has 5 nitrogen and oxygen atoms in total. The number of hydrogen-bond acceptors (Lipinski definition) is 4. The number of amides is 1. The van der Waals surface area contributed by atoms with E-state index in [9.17, 15) is 4.79 Å². The highest BCUT2D eigenvalue weighted by Gasteiger charge is 2.08. The minimum atomic E-state index is -0.438. The molecular formula is C20H18Cl2N2O3. The number of ether oxygens (including phenoxy) is 2. The number of halogens is 2. The minimum Gasteiger partial charge on any atom is -0.489 e. The molecule has 0 heterocycles. The van der Waals surface area contributed by atoms with Crippen LogP contribution in [0.1, 0.15) is 11.1 Å². The Labute approximate surface area is 168 Å². The van der Waals surface area contributed by atoms with Crippen LogP contribution in [0, 0.1) is 11.3 Å². The number of benzene rings is 2. The zero-order valence-corrected chi connectivity index (χ0v) is 16.2. The van der Waals surface area contributed by atoms with Crippen molar-refractivity contribution in [3.63, 3.8) is 0 Å². The van der Waals surface area contributed by atoms with Crippen molar-refractivity contribution >= 4 is 35.2 Å². The van der Waals surface area contributed by atoms with Gasteiger partial charge in [-0.2, -0.15) is 5.26 Å². The maximum absolute atomic E-state index is 11.9. The number of hydrogen-bond donors (Lipinski definition) is 1. The van der Waals surface area contributed by atoms with Gasteiger partial charge in [0, 0.05) is 29.3 Å². The molecule has 0 saturated heterocycles. The molecule has 7 heteroatoms. The van der Waals surface area contributed by atoms with Crippen LogP contribution in [0.2, 0.25) is 10.0 Å². The van der Waals surface area contributed by atoms with Crippen molar-refractivity contribution in [3.8, 4) is 11.8 Å². The first kappa shape index (κ1) is 20.8. The summed E-state index contributed by atoms with van der Waals surface area (Å²) in [6.07, 6.45) is 1.52. The van der Waals surface area contributed by atoms with Crippen LogP contribution in [0.5, 0.6) is 5.75 Å². The first-order chi connectivity index (χ1) is 13.0. The molecule has 0 radical (unpaired) electrons. The van der Waals surface area contributed by atoms with Gasteiger partial charge in [-0.05, 0) is 35.9 Å². The lowest BCUT2D eigenvalue weighted by Crippen LogP contribution is -2.27. The lowest BCUT2D eigenvalue weighted by molar-refractivity contribution is -0.117. The van der Waals surface area contributed by atoms with E-state index in [-0.39, 0.29) is 5.57 Å². The van der Waals surface area contributed by atoms with Crippen molar-refractivity contribution in [2.75, 3.05) is 20.3 Å². The second-order valence-electron chi connectivity index (χ2n) is 5.51. The van der Waals surface area contributed by atoms with Gasteiger partial charge in [-0.3, -0.25) is 4.79 Å². The highest BCUT2D eigenvalue weighted by Crippen LogP contribution is 2.23. The molecule has 0 atom stereocenters. The van der Waals surface area contributed by atoms with Crippen molar-refractivity contribution in [3.05, 3.63) is 69.2 Å². The number of carbonyl (C=O) groups excluding carboxylic acids is 1. The summed E-state index contributed by atoms with van der Waals surface area (Å²) in [5.74, 6) is 0.202. The molecule has 0 aromatic heterocycles. The number of nitriles is 1. The molecule has 0 unspecified atom stereocenters. The van der Waals surface area contributed by atoms with Gasteiger partial charge in [0.15, 0.2) is 0 Å². The van der Waals surface area contributed by atoms with E-state index in [0.717, 1.165) is 5.56 Å². The van der Waals surface area contributed by atoms with Gasteiger partial charge in [0.2, 0.25) is 0 Å². The normalized spacial score (nSPS) is 11.0. The van der Waals surface area contributed by atoms with E-state index < -0.39 is 5.91 Å². The lowest BCUT2D eigenvalue weighted by Gasteiger charge is -2.08. The number of carbonyl (C=O) groups is 1. The fraction of sp³-hybridized carbons (Fsp3) is 0.200. The van der Waals surface area contributed by atoms with E-state index in [1.54, 1.807) is 36.4 Å². The zero-order chi connectivity index (χ0) is 19.6. The minimum absolute atomic E-state index is 0.0210. The number of rotatable bonds is 8. The second-order valence-corrected chi connectivity index (χ2v) is 6.36. The SMILES string of the molecule is COCCNC(=O)C(C#N)=Cc1ccc(OCc2ccc(Cl)cc2Cl)cc1. The average molecular weight is 405 g/mol. The van der Waals surface area contributed by atoms with Crippen LogP contribution >= 0.6 is 23.2 Å². The predicted molar refractivity (Wildman–Crippen MR) is 106 cm³/mol. The van der Waals surface area contributed by atoms with Gasteiger partial charge in [0.25, 0.3) is 5.91 Å². The van der Waals surface area contributed by atoms with E-state index >= 15 is 0 Å². The first-order valence-electron chi connectivity index (χ1n) is 8.09. The maximum Gasteiger partial charge on any atom is 0.262 e. The van der Waals surface area contributed by atoms with Gasteiger partial charge in [0.1, 0.15) is 24.0 Å². The van der Waals surface area contributed by atoms with Crippen LogP contribution in [0.25, 0.3) is 6.08 Å². The Kier molecular flexibility index (Phi) is 8.15. The van der Waals surface area contributed by atoms with Gasteiger partial charge in [0.05, 0.1) is 6.61 Å². The highest BCUT2D eigenvalue weighted by atomic mass is 35.5. The molecule has 0 saturated carbocycles. The van der Waals surface area contributed by atoms with Crippen LogP contribution < -0.4 is 10.1 Å². The third-order valence-corrected chi connectivity index (χ3v) is 4.14. The first-order valence-corrected chi connectivity index (χ1v) is 8.85. The topological polar surface area (TPSA) is 71.3 Å². The van der Waals surface area contributed by atoms with Crippen LogP contribution in [0.3, 0.4) is 0 Å². The Morgan fingerprint density at radius 3 is 2.59 bits per heavy atom. The van der Waals surface area contributed by atoms with Gasteiger partial charge in [-0.15, -0.1) is 0 Å². The summed E-state index contributed by atoms with van der Waals surface area (Å²) in [4.78, 5) is 11.9. The Morgan fingerprint density at radius 2 is 1.96 bits per heavy atom. The van der Waals surface area contributed by atoms with Gasteiger partial charge in [-0.1, -0.05) is 41.4 Å². The van der Waals surface area contributed by atoms with Crippen LogP contribution in [0.4, 0.5) is 0 Å². The highest BCUT2D eigenvalue weighted by molar-refractivity contribution is 6.35. The average Bonchev–Trinajstić information content (AvgIpc) is 2.66. The van der Waals surface area contributed by atoms with E-state index in [1.807, 2.05) is 12.1 Å². The molecule has 0 fully saturated rings. The summed E-state index contributed by atoms with van der Waals surface area (Å²) in [5, 5.41) is 12.9. The molecule has 2 rings (SSSR count). The Balaban J connectivity index is 1.99. The van der Waals surface area contributed by atoms with Crippen molar-refractivity contribution in [1.29, 1.82) is 5.26 Å². The molecule has 0 aliphatic carbocycles. The zero-order valence-electron chi connectivity index (χ0n) is 14.7. The third kappa shape index (κ3) is 6.61. The summed E-state index contributed by atoms with van der Waals surface area (Å²) < 4.78 is 10.6. The predicted octanol–water partition coefficient (Wildman–Crippen LogP) is 4.24. The Hall–Kier alpha value is -2.52. The molecule has 2 aromatic rings. The summed E-state index contributed by atoms with van der Waals surface area (Å²) in [6.45, 7) is 1.03. The maximum atomic E-state index is 11.9. The van der Waals surface area contributed by atoms with Gasteiger partial charge < -0.3 is 14.8 Å². The molecule has 2 aromatic carbocycles. The molecule has 0 aliphatic heterocycles. The second kappa shape index (κ2) is 10.6. The van der Waals surface area contributed by atoms with Crippen molar-refractivity contribution < 1.29 is 14.3 Å². The van der Waals surface area contributed by atoms with E-state index in [0.29, 0.717) is 41.1 Å². The third-order valence-electron chi connectivity index (χ3n) is 3.56. The number of methoxy groups -OCH3 is 1. The molecule has 0 aliphatic rings. The standard InChI is InChI=1S/C20H18Cl2N2O3/c1-26-9-8-24-20(25)16(12-23)10-14-2-6-18(7-3-14)27-13-15-4-5-17(21)11-19(15)22/h2-7,10-11H,8-9,13H2,1H3,(H,24,25). The molecule has 1 amide bonds. The van der Waals surface area contributed by atoms with Crippen LogP contribution in [-0.2, 0) is 16.1 Å². The summed E-state index contributed by atoms with van der Waals surface area (Å²) in [7, 11) is 1.54. The van der Waals surface area contributed by atoms with E-state index in [1.165, 1.54) is 13.2 Å². The van der Waals surface area contributed by atoms with E-state index in [2.05, 4.69) is 5.32 Å². The van der Waals surface area contributed by atoms with E-state index in [4.69, 9.17) is 37.9 Å². The summed E-state index contributed by atoms with van der Waals surface area (Å²) in [5.41, 5.74) is 1.56. The van der Waals surface area contributed by atoms with Gasteiger partial charge >= 0.3 is 0 Å². The van der Waals surface area contributed by atoms with Crippen LogP contribution in [-0.4, -0.2) is 26.2 Å². The fourth-order valence-electron chi connectivity index (χ4n) is 2.14. The number of nitrogens with zero attached hydrogens (tertiary/aromatic N) is 1. The lowest BCUT2D eigenvalue weighted by atomic mass is 10.1. The number of nitrogens with one attached hydrogen (secondary N) is 1. The summed E-state index contributed by atoms with van der Waals surface area (Å²) >= 11 is 12.0. The van der Waals surface area contributed by atoms with Gasteiger partial charge in [-0.25, -0.2) is 0 Å². The molecule has 0 bridgehead atoms. The Bertz CT molecular complexity index is 859. The molecular weight excluding hydrogens is 387 g/mol. The van der Waals surface area contributed by atoms with Crippen molar-refractivity contribution in [1.82, 2.24) is 5.32 Å². The largest absolute Gasteiger partial charge is 0.489 e. The quantitative estimate of drug-likeness (QED) is 0.405. The molecule has 1 N–H and O–H groups in total. The monoisotopic (exact) mass is 404 g/mol. The fourth-order valence-corrected chi connectivity index (χ4v) is 2.60.